The van der Waals surface area contributed by atoms with Gasteiger partial charge in [0.05, 0.1) is 13.7 Å². The molecular formula is C33H40BrN. The standard InChI is InChI=1S/C17H20.C10H15N.C6H5Br/c1-17(2,3)16-11-9-15(10-12-16)13-14-7-5-4-6-8-14;1-10(2,3)8-4-6-9(11)7-5-8;7-6-4-2-1-3-5-6/h4-12H,13H2,1-3H3;4-7H,11H2,1-3H3;1-5H/i4D,5D,6D,7D,8D;;1D,2D,3D,4D,5D. The number of halogens is 1. The maximum atomic E-state index is 7.95. The third-order valence-electron chi connectivity index (χ3n) is 5.00. The molecule has 0 aromatic heterocycles. The Bertz CT molecular complexity index is 1510. The Labute approximate surface area is 235 Å². The van der Waals surface area contributed by atoms with Gasteiger partial charge < -0.3 is 5.73 Å². The third-order valence-corrected chi connectivity index (χ3v) is 5.40. The van der Waals surface area contributed by atoms with Crippen LogP contribution in [0.2, 0.25) is 0 Å². The Hall–Kier alpha value is -2.84. The highest BCUT2D eigenvalue weighted by Crippen LogP contribution is 2.23. The minimum absolute atomic E-state index is 0.0647. The quantitative estimate of drug-likeness (QED) is 0.252. The van der Waals surface area contributed by atoms with Gasteiger partial charge in [-0.15, -0.1) is 0 Å². The van der Waals surface area contributed by atoms with Crippen molar-refractivity contribution in [2.24, 2.45) is 0 Å². The first-order valence-corrected chi connectivity index (χ1v) is 12.1. The maximum absolute atomic E-state index is 7.95. The van der Waals surface area contributed by atoms with Crippen LogP contribution in [0.3, 0.4) is 0 Å². The van der Waals surface area contributed by atoms with E-state index in [1.165, 1.54) is 11.1 Å². The van der Waals surface area contributed by atoms with Gasteiger partial charge in [-0.2, -0.15) is 0 Å². The van der Waals surface area contributed by atoms with E-state index in [4.69, 9.17) is 19.4 Å². The fourth-order valence-corrected chi connectivity index (χ4v) is 3.11. The van der Waals surface area contributed by atoms with Crippen LogP contribution in [0.15, 0.2) is 113 Å². The van der Waals surface area contributed by atoms with E-state index in [2.05, 4.69) is 69.6 Å². The van der Waals surface area contributed by atoms with Crippen LogP contribution < -0.4 is 5.73 Å². The molecular weight excluding hydrogens is 490 g/mol. The van der Waals surface area contributed by atoms with Gasteiger partial charge in [-0.1, -0.05) is 142 Å². The van der Waals surface area contributed by atoms with Gasteiger partial charge in [-0.3, -0.25) is 0 Å². The first kappa shape index (κ1) is 16.8. The van der Waals surface area contributed by atoms with Gasteiger partial charge in [0.1, 0.15) is 0 Å². The number of nitrogens with two attached hydrogens (primary N) is 1. The minimum Gasteiger partial charge on any atom is -0.399 e. The molecule has 0 saturated heterocycles. The van der Waals surface area contributed by atoms with Crippen molar-refractivity contribution in [1.82, 2.24) is 0 Å². The van der Waals surface area contributed by atoms with Crippen molar-refractivity contribution < 1.29 is 13.7 Å². The fraction of sp³-hybridized carbons (Fsp3) is 0.273. The van der Waals surface area contributed by atoms with Gasteiger partial charge in [0.2, 0.25) is 0 Å². The molecule has 4 rings (SSSR count). The maximum Gasteiger partial charge on any atom is 0.0635 e. The largest absolute Gasteiger partial charge is 0.399 e. The lowest BCUT2D eigenvalue weighted by Gasteiger charge is -2.19. The summed E-state index contributed by atoms with van der Waals surface area (Å²) in [6.45, 7) is 13.0. The number of hydrogen-bond donors (Lipinski definition) is 1. The Balaban J connectivity index is 0.000000259. The summed E-state index contributed by atoms with van der Waals surface area (Å²) in [5, 5.41) is 0. The SMILES string of the molecule is CC(C)(C)c1ccc(N)cc1.[2H]c1c([2H])c([2H])c(Br)c([2H])c1[2H].[2H]c1c([2H])c([2H])c(Cc2ccc(C(C)(C)C)cc2)c([2H])c1[2H]. The van der Waals surface area contributed by atoms with Crippen molar-refractivity contribution in [3.05, 3.63) is 136 Å². The van der Waals surface area contributed by atoms with Crippen LogP contribution in [0.1, 0.15) is 77.5 Å². The number of rotatable bonds is 2. The molecule has 35 heavy (non-hydrogen) atoms. The van der Waals surface area contributed by atoms with Crippen molar-refractivity contribution in [3.8, 4) is 0 Å². The van der Waals surface area contributed by atoms with Crippen LogP contribution in [-0.2, 0) is 17.3 Å². The number of benzene rings is 4. The molecule has 0 aliphatic rings. The molecule has 4 aromatic carbocycles. The predicted molar refractivity (Wildman–Crippen MR) is 158 cm³/mol. The molecule has 184 valence electrons. The van der Waals surface area contributed by atoms with Crippen LogP contribution >= 0.6 is 15.9 Å². The number of hydrogen-bond acceptors (Lipinski definition) is 1. The molecule has 4 aromatic rings. The normalized spacial score (nSPS) is 14.9. The molecule has 0 bridgehead atoms. The summed E-state index contributed by atoms with van der Waals surface area (Å²) in [6, 6.07) is 13.5. The molecule has 0 atom stereocenters. The number of nitrogen functional groups attached to an aromatic ring is 1. The first-order valence-electron chi connectivity index (χ1n) is 16.3. The summed E-state index contributed by atoms with van der Waals surface area (Å²) in [5.41, 5.74) is 10.5. The van der Waals surface area contributed by atoms with Gasteiger partial charge in [0.25, 0.3) is 0 Å². The fourth-order valence-electron chi connectivity index (χ4n) is 2.91. The monoisotopic (exact) mass is 539 g/mol. The van der Waals surface area contributed by atoms with Crippen LogP contribution in [0.25, 0.3) is 0 Å². The highest BCUT2D eigenvalue weighted by Gasteiger charge is 2.13. The summed E-state index contributed by atoms with van der Waals surface area (Å²) >= 11 is 2.92. The summed E-state index contributed by atoms with van der Waals surface area (Å²) in [5.74, 6) is 0. The van der Waals surface area contributed by atoms with Crippen LogP contribution in [-0.4, -0.2) is 0 Å². The Morgan fingerprint density at radius 2 is 1.00 bits per heavy atom. The zero-order valence-electron chi connectivity index (χ0n) is 31.3. The van der Waals surface area contributed by atoms with Crippen molar-refractivity contribution in [2.75, 3.05) is 5.73 Å². The zero-order valence-corrected chi connectivity index (χ0v) is 22.9. The van der Waals surface area contributed by atoms with Crippen molar-refractivity contribution >= 4 is 21.6 Å². The number of anilines is 1. The molecule has 0 fully saturated rings. The Kier molecular flexibility index (Phi) is 6.37. The zero-order chi connectivity index (χ0) is 34.6. The van der Waals surface area contributed by atoms with Crippen molar-refractivity contribution in [3.63, 3.8) is 0 Å². The van der Waals surface area contributed by atoms with Gasteiger partial charge in [-0.05, 0) is 63.7 Å². The van der Waals surface area contributed by atoms with Crippen LogP contribution in [0.4, 0.5) is 5.69 Å². The smallest absolute Gasteiger partial charge is 0.0635 e. The average molecular weight is 541 g/mol. The summed E-state index contributed by atoms with van der Waals surface area (Å²) in [6.07, 6.45) is 0.333. The van der Waals surface area contributed by atoms with Gasteiger partial charge >= 0.3 is 0 Å². The average Bonchev–Trinajstić information content (AvgIpc) is 2.98. The minimum atomic E-state index is -0.367. The predicted octanol–water partition coefficient (Wildman–Crippen LogP) is 9.59. The molecule has 0 aliphatic carbocycles. The first-order chi connectivity index (χ1) is 20.6. The molecule has 0 saturated carbocycles. The van der Waals surface area contributed by atoms with Gasteiger partial charge in [0, 0.05) is 10.2 Å². The molecule has 0 unspecified atom stereocenters. The van der Waals surface area contributed by atoms with E-state index >= 15 is 0 Å². The van der Waals surface area contributed by atoms with Gasteiger partial charge in [0.15, 0.2) is 0 Å². The molecule has 0 aliphatic heterocycles. The van der Waals surface area contributed by atoms with E-state index in [-0.39, 0.29) is 75.7 Å². The second-order valence-corrected chi connectivity index (χ2v) is 10.8. The van der Waals surface area contributed by atoms with E-state index in [1.807, 2.05) is 36.4 Å². The molecule has 1 nitrogen and oxygen atoms in total. The topological polar surface area (TPSA) is 26.0 Å². The van der Waals surface area contributed by atoms with Gasteiger partial charge in [-0.25, -0.2) is 0 Å². The molecule has 0 radical (unpaired) electrons. The van der Waals surface area contributed by atoms with E-state index in [0.29, 0.717) is 12.0 Å². The highest BCUT2D eigenvalue weighted by atomic mass is 79.9. The van der Waals surface area contributed by atoms with E-state index in [9.17, 15) is 0 Å². The van der Waals surface area contributed by atoms with E-state index in [1.54, 1.807) is 0 Å². The summed E-state index contributed by atoms with van der Waals surface area (Å²) < 4.78 is 75.2. The van der Waals surface area contributed by atoms with E-state index < -0.39 is 0 Å². The molecule has 0 amide bonds. The summed E-state index contributed by atoms with van der Waals surface area (Å²) in [4.78, 5) is 0. The van der Waals surface area contributed by atoms with Crippen molar-refractivity contribution in [2.45, 2.75) is 58.8 Å². The second-order valence-electron chi connectivity index (χ2n) is 10.0. The lowest BCUT2D eigenvalue weighted by Crippen LogP contribution is -2.10. The molecule has 0 heterocycles. The second kappa shape index (κ2) is 13.3. The highest BCUT2D eigenvalue weighted by molar-refractivity contribution is 9.10. The Morgan fingerprint density at radius 1 is 0.600 bits per heavy atom. The lowest BCUT2D eigenvalue weighted by atomic mass is 9.86. The Morgan fingerprint density at radius 3 is 1.43 bits per heavy atom. The van der Waals surface area contributed by atoms with Crippen LogP contribution in [0.5, 0.6) is 0 Å². The summed E-state index contributed by atoms with van der Waals surface area (Å²) in [7, 11) is 0. The lowest BCUT2D eigenvalue weighted by molar-refractivity contribution is 0.590. The van der Waals surface area contributed by atoms with E-state index in [0.717, 1.165) is 11.3 Å². The van der Waals surface area contributed by atoms with Crippen LogP contribution in [0, 0.1) is 0 Å². The molecule has 0 spiro atoms. The van der Waals surface area contributed by atoms with Crippen molar-refractivity contribution in [1.29, 1.82) is 0 Å². The molecule has 2 heteroatoms. The third kappa shape index (κ3) is 11.0. The molecule has 2 N–H and O–H groups in total.